The monoisotopic (exact) mass is 371 g/mol. The summed E-state index contributed by atoms with van der Waals surface area (Å²) in [4.78, 5) is 31.2. The molecule has 5 nitrogen and oxygen atoms in total. The standard InChI is InChI=1S/C20H22ClN3O2/c1-12-6-7-14-10-15(17(21)22-16(14)13(12)2)11-24-18(25)20(23-19(24)26)8-4-3-5-9-20/h6-7,10H,3-5,8-9,11H2,1-2H3,(H,23,26). The Morgan fingerprint density at radius 3 is 2.65 bits per heavy atom. The van der Waals surface area contributed by atoms with Crippen molar-refractivity contribution in [2.75, 3.05) is 0 Å². The summed E-state index contributed by atoms with van der Waals surface area (Å²) in [5.41, 5.74) is 3.09. The van der Waals surface area contributed by atoms with E-state index in [4.69, 9.17) is 11.6 Å². The number of fused-ring (bicyclic) bond motifs is 1. The maximum Gasteiger partial charge on any atom is 0.325 e. The average Bonchev–Trinajstić information content (AvgIpc) is 2.84. The Bertz CT molecular complexity index is 919. The van der Waals surface area contributed by atoms with Crippen molar-refractivity contribution in [3.8, 4) is 0 Å². The molecule has 26 heavy (non-hydrogen) atoms. The molecule has 1 aromatic carbocycles. The number of rotatable bonds is 2. The summed E-state index contributed by atoms with van der Waals surface area (Å²) >= 11 is 6.40. The number of amides is 3. The van der Waals surface area contributed by atoms with Crippen molar-refractivity contribution in [1.82, 2.24) is 15.2 Å². The summed E-state index contributed by atoms with van der Waals surface area (Å²) in [7, 11) is 0. The van der Waals surface area contributed by atoms with Gasteiger partial charge >= 0.3 is 6.03 Å². The normalized spacial score (nSPS) is 19.4. The lowest BCUT2D eigenvalue weighted by Crippen LogP contribution is -2.48. The van der Waals surface area contributed by atoms with E-state index in [9.17, 15) is 9.59 Å². The van der Waals surface area contributed by atoms with E-state index >= 15 is 0 Å². The van der Waals surface area contributed by atoms with E-state index in [2.05, 4.69) is 10.3 Å². The first-order valence-electron chi connectivity index (χ1n) is 9.11. The van der Waals surface area contributed by atoms with Gasteiger partial charge in [0.1, 0.15) is 10.7 Å². The van der Waals surface area contributed by atoms with Crippen LogP contribution in [0.1, 0.15) is 48.8 Å². The third-order valence-electron chi connectivity index (χ3n) is 5.82. The summed E-state index contributed by atoms with van der Waals surface area (Å²) in [6.07, 6.45) is 4.49. The van der Waals surface area contributed by atoms with E-state index in [1.54, 1.807) is 0 Å². The van der Waals surface area contributed by atoms with Crippen molar-refractivity contribution in [3.05, 3.63) is 40.0 Å². The van der Waals surface area contributed by atoms with Gasteiger partial charge in [-0.25, -0.2) is 9.78 Å². The number of carbonyl (C=O) groups is 2. The highest BCUT2D eigenvalue weighted by Gasteiger charge is 2.51. The fourth-order valence-corrected chi connectivity index (χ4v) is 4.30. The summed E-state index contributed by atoms with van der Waals surface area (Å²) in [5.74, 6) is -0.126. The molecular formula is C20H22ClN3O2. The van der Waals surface area contributed by atoms with Crippen LogP contribution in [-0.2, 0) is 11.3 Å². The zero-order chi connectivity index (χ0) is 18.5. The average molecular weight is 372 g/mol. The Labute approximate surface area is 157 Å². The minimum Gasteiger partial charge on any atom is -0.323 e. The Kier molecular flexibility index (Phi) is 4.14. The number of hydrogen-bond acceptors (Lipinski definition) is 3. The van der Waals surface area contributed by atoms with E-state index in [1.807, 2.05) is 32.0 Å². The molecule has 136 valence electrons. The number of carbonyl (C=O) groups excluding carboxylic acids is 2. The molecule has 6 heteroatoms. The van der Waals surface area contributed by atoms with E-state index in [-0.39, 0.29) is 18.5 Å². The first kappa shape index (κ1) is 17.3. The predicted molar refractivity (Wildman–Crippen MR) is 101 cm³/mol. The summed E-state index contributed by atoms with van der Waals surface area (Å²) < 4.78 is 0. The van der Waals surface area contributed by atoms with Crippen LogP contribution in [0.3, 0.4) is 0 Å². The van der Waals surface area contributed by atoms with Crippen LogP contribution in [0.4, 0.5) is 4.79 Å². The number of imide groups is 1. The van der Waals surface area contributed by atoms with Crippen LogP contribution < -0.4 is 5.32 Å². The van der Waals surface area contributed by atoms with E-state index in [0.717, 1.165) is 54.1 Å². The van der Waals surface area contributed by atoms with Crippen LogP contribution in [-0.4, -0.2) is 27.4 Å². The van der Waals surface area contributed by atoms with Gasteiger partial charge in [-0.05, 0) is 43.9 Å². The fraction of sp³-hybridized carbons (Fsp3) is 0.450. The molecule has 2 aliphatic rings. The Hall–Kier alpha value is -2.14. The Balaban J connectivity index is 1.67. The number of urea groups is 1. The summed E-state index contributed by atoms with van der Waals surface area (Å²) in [5, 5.41) is 4.25. The van der Waals surface area contributed by atoms with Crippen molar-refractivity contribution in [3.63, 3.8) is 0 Å². The highest BCUT2D eigenvalue weighted by atomic mass is 35.5. The molecule has 4 rings (SSSR count). The number of aryl methyl sites for hydroxylation is 2. The maximum absolute atomic E-state index is 12.9. The maximum atomic E-state index is 12.9. The smallest absolute Gasteiger partial charge is 0.323 e. The van der Waals surface area contributed by atoms with Gasteiger partial charge in [0.25, 0.3) is 5.91 Å². The second kappa shape index (κ2) is 6.23. The zero-order valence-corrected chi connectivity index (χ0v) is 15.8. The molecule has 1 spiro atoms. The molecule has 1 aromatic heterocycles. The van der Waals surface area contributed by atoms with Crippen molar-refractivity contribution < 1.29 is 9.59 Å². The van der Waals surface area contributed by atoms with Gasteiger partial charge in [0.15, 0.2) is 0 Å². The quantitative estimate of drug-likeness (QED) is 0.633. The highest BCUT2D eigenvalue weighted by molar-refractivity contribution is 6.30. The lowest BCUT2D eigenvalue weighted by Gasteiger charge is -2.30. The van der Waals surface area contributed by atoms with Crippen LogP contribution in [0.25, 0.3) is 10.9 Å². The zero-order valence-electron chi connectivity index (χ0n) is 15.1. The fourth-order valence-electron chi connectivity index (χ4n) is 4.10. The van der Waals surface area contributed by atoms with Gasteiger partial charge in [-0.3, -0.25) is 9.69 Å². The van der Waals surface area contributed by atoms with Crippen molar-refractivity contribution in [2.45, 2.75) is 58.0 Å². The molecule has 2 aromatic rings. The van der Waals surface area contributed by atoms with E-state index < -0.39 is 5.54 Å². The first-order chi connectivity index (χ1) is 12.4. The minimum atomic E-state index is -0.709. The highest BCUT2D eigenvalue weighted by Crippen LogP contribution is 2.35. The largest absolute Gasteiger partial charge is 0.325 e. The molecule has 3 amide bonds. The topological polar surface area (TPSA) is 62.3 Å². The van der Waals surface area contributed by atoms with Crippen molar-refractivity contribution in [1.29, 1.82) is 0 Å². The molecule has 0 atom stereocenters. The van der Waals surface area contributed by atoms with Crippen LogP contribution in [0.2, 0.25) is 5.15 Å². The van der Waals surface area contributed by atoms with Gasteiger partial charge in [-0.15, -0.1) is 0 Å². The Morgan fingerprint density at radius 2 is 1.92 bits per heavy atom. The summed E-state index contributed by atoms with van der Waals surface area (Å²) in [6.45, 7) is 4.21. The first-order valence-corrected chi connectivity index (χ1v) is 9.48. The lowest BCUT2D eigenvalue weighted by molar-refractivity contribution is -0.132. The van der Waals surface area contributed by atoms with Crippen LogP contribution in [0.5, 0.6) is 0 Å². The van der Waals surface area contributed by atoms with E-state index in [0.29, 0.717) is 10.7 Å². The SMILES string of the molecule is Cc1ccc2cc(CN3C(=O)NC4(CCCCC4)C3=O)c(Cl)nc2c1C. The second-order valence-electron chi connectivity index (χ2n) is 7.48. The van der Waals surface area contributed by atoms with Gasteiger partial charge in [0.05, 0.1) is 12.1 Å². The number of hydrogen-bond donors (Lipinski definition) is 1. The van der Waals surface area contributed by atoms with Crippen LogP contribution in [0, 0.1) is 13.8 Å². The molecule has 1 aliphatic carbocycles. The Morgan fingerprint density at radius 1 is 1.19 bits per heavy atom. The molecule has 0 bridgehead atoms. The van der Waals surface area contributed by atoms with Gasteiger partial charge in [0.2, 0.25) is 0 Å². The number of benzene rings is 1. The lowest BCUT2D eigenvalue weighted by atomic mass is 9.82. The summed E-state index contributed by atoms with van der Waals surface area (Å²) in [6, 6.07) is 5.65. The molecule has 0 radical (unpaired) electrons. The van der Waals surface area contributed by atoms with Gasteiger partial charge in [-0.2, -0.15) is 0 Å². The molecule has 0 unspecified atom stereocenters. The number of nitrogens with one attached hydrogen (secondary N) is 1. The van der Waals surface area contributed by atoms with Crippen LogP contribution in [0.15, 0.2) is 18.2 Å². The van der Waals surface area contributed by atoms with Gasteiger partial charge < -0.3 is 5.32 Å². The van der Waals surface area contributed by atoms with E-state index in [1.165, 1.54) is 4.90 Å². The van der Waals surface area contributed by atoms with Crippen molar-refractivity contribution >= 4 is 34.4 Å². The minimum absolute atomic E-state index is 0.126. The molecule has 1 saturated carbocycles. The molecular weight excluding hydrogens is 350 g/mol. The third kappa shape index (κ3) is 2.65. The van der Waals surface area contributed by atoms with Gasteiger partial charge in [-0.1, -0.05) is 43.0 Å². The van der Waals surface area contributed by atoms with Crippen molar-refractivity contribution in [2.24, 2.45) is 0 Å². The van der Waals surface area contributed by atoms with Gasteiger partial charge in [0, 0.05) is 10.9 Å². The molecule has 2 heterocycles. The number of aromatic nitrogens is 1. The molecule has 1 N–H and O–H groups in total. The molecule has 2 fully saturated rings. The third-order valence-corrected chi connectivity index (χ3v) is 6.15. The molecule has 1 aliphatic heterocycles. The number of nitrogens with zero attached hydrogens (tertiary/aromatic N) is 2. The number of pyridine rings is 1. The second-order valence-corrected chi connectivity index (χ2v) is 7.84. The number of halogens is 1. The van der Waals surface area contributed by atoms with Crippen LogP contribution >= 0.6 is 11.6 Å². The molecule has 1 saturated heterocycles. The predicted octanol–water partition coefficient (Wildman–Crippen LogP) is 4.26.